The highest BCUT2D eigenvalue weighted by atomic mass is 32.1. The Hall–Kier alpha value is -0.670. The lowest BCUT2D eigenvalue weighted by Crippen LogP contribution is -2.35. The van der Waals surface area contributed by atoms with E-state index in [0.717, 1.165) is 0 Å². The van der Waals surface area contributed by atoms with E-state index >= 15 is 0 Å². The van der Waals surface area contributed by atoms with Gasteiger partial charge in [0.1, 0.15) is 0 Å². The molecule has 0 bridgehead atoms. The number of aromatic nitrogens is 1. The van der Waals surface area contributed by atoms with Gasteiger partial charge in [0, 0.05) is 16.6 Å². The van der Waals surface area contributed by atoms with Gasteiger partial charge in [-0.25, -0.2) is 4.37 Å². The summed E-state index contributed by atoms with van der Waals surface area (Å²) in [6, 6.07) is 2.09. The lowest BCUT2D eigenvalue weighted by Gasteiger charge is -2.28. The molecule has 0 amide bonds. The van der Waals surface area contributed by atoms with Crippen molar-refractivity contribution < 1.29 is 0 Å². The van der Waals surface area contributed by atoms with Gasteiger partial charge in [0.25, 0.3) is 0 Å². The zero-order valence-corrected chi connectivity index (χ0v) is 9.67. The standard InChI is InChI=1S/C12H16N2S/c1-5-12(6-2-10-14(12)9-1)7-3-11-4-8-13-15-11/h3-4,7-8H,1-2,5-6,9-10H2/b7-3+. The van der Waals surface area contributed by atoms with E-state index in [4.69, 9.17) is 0 Å². The maximum absolute atomic E-state index is 4.13. The van der Waals surface area contributed by atoms with Crippen molar-refractivity contribution in [1.29, 1.82) is 0 Å². The molecule has 0 N–H and O–H groups in total. The molecule has 2 aliphatic rings. The highest BCUT2D eigenvalue weighted by Gasteiger charge is 2.41. The average Bonchev–Trinajstić information content (AvgIpc) is 2.91. The third-order valence-electron chi connectivity index (χ3n) is 3.72. The first kappa shape index (κ1) is 9.55. The van der Waals surface area contributed by atoms with Gasteiger partial charge in [0.05, 0.1) is 0 Å². The Morgan fingerprint density at radius 1 is 1.33 bits per heavy atom. The molecule has 0 aliphatic carbocycles. The molecule has 2 aliphatic heterocycles. The second-order valence-electron chi connectivity index (χ2n) is 4.55. The van der Waals surface area contributed by atoms with Crippen LogP contribution in [0, 0.1) is 0 Å². The topological polar surface area (TPSA) is 16.1 Å². The molecule has 3 heteroatoms. The minimum absolute atomic E-state index is 0.407. The van der Waals surface area contributed by atoms with Crippen LogP contribution in [0.3, 0.4) is 0 Å². The first-order chi connectivity index (χ1) is 7.39. The van der Waals surface area contributed by atoms with Gasteiger partial charge in [0.2, 0.25) is 0 Å². The Bertz CT molecular complexity index is 346. The fourth-order valence-electron chi connectivity index (χ4n) is 2.97. The second-order valence-corrected chi connectivity index (χ2v) is 5.41. The monoisotopic (exact) mass is 220 g/mol. The fraction of sp³-hybridized carbons (Fsp3) is 0.583. The molecule has 2 saturated heterocycles. The Labute approximate surface area is 94.8 Å². The third-order valence-corrected chi connectivity index (χ3v) is 4.43. The smallest absolute Gasteiger partial charge is 0.0474 e. The summed E-state index contributed by atoms with van der Waals surface area (Å²) in [4.78, 5) is 3.94. The van der Waals surface area contributed by atoms with Crippen molar-refractivity contribution in [2.75, 3.05) is 13.1 Å². The van der Waals surface area contributed by atoms with Crippen molar-refractivity contribution in [2.24, 2.45) is 0 Å². The fourth-order valence-corrected chi connectivity index (χ4v) is 3.47. The van der Waals surface area contributed by atoms with Gasteiger partial charge in [-0.2, -0.15) is 0 Å². The first-order valence-electron chi connectivity index (χ1n) is 5.74. The summed E-state index contributed by atoms with van der Waals surface area (Å²) in [6.07, 6.45) is 12.0. The molecule has 0 aromatic carbocycles. The minimum Gasteiger partial charge on any atom is -0.294 e. The molecule has 0 radical (unpaired) electrons. The number of rotatable bonds is 2. The minimum atomic E-state index is 0.407. The maximum atomic E-state index is 4.13. The van der Waals surface area contributed by atoms with Gasteiger partial charge >= 0.3 is 0 Å². The maximum Gasteiger partial charge on any atom is 0.0474 e. The molecule has 0 unspecified atom stereocenters. The van der Waals surface area contributed by atoms with Crippen LogP contribution < -0.4 is 0 Å². The molecule has 3 heterocycles. The van der Waals surface area contributed by atoms with Crippen molar-refractivity contribution in [2.45, 2.75) is 31.2 Å². The quantitative estimate of drug-likeness (QED) is 0.762. The number of nitrogens with zero attached hydrogens (tertiary/aromatic N) is 2. The van der Waals surface area contributed by atoms with Gasteiger partial charge in [-0.15, -0.1) is 0 Å². The summed E-state index contributed by atoms with van der Waals surface area (Å²) in [6.45, 7) is 2.60. The molecule has 1 aromatic heterocycles. The molecule has 3 rings (SSSR count). The van der Waals surface area contributed by atoms with Crippen molar-refractivity contribution >= 4 is 17.6 Å². The molecular weight excluding hydrogens is 204 g/mol. The molecule has 2 nitrogen and oxygen atoms in total. The van der Waals surface area contributed by atoms with Crippen LogP contribution in [0.5, 0.6) is 0 Å². The SMILES string of the molecule is C(=C\C12CCCN1CCC2)/c1ccns1. The zero-order chi connectivity index (χ0) is 10.1. The van der Waals surface area contributed by atoms with Gasteiger partial charge in [0.15, 0.2) is 0 Å². The van der Waals surface area contributed by atoms with Crippen LogP contribution in [0.25, 0.3) is 6.08 Å². The van der Waals surface area contributed by atoms with Crippen LogP contribution in [0.4, 0.5) is 0 Å². The molecule has 1 aromatic rings. The molecule has 2 fully saturated rings. The van der Waals surface area contributed by atoms with Crippen LogP contribution in [0.15, 0.2) is 18.3 Å². The summed E-state index contributed by atoms with van der Waals surface area (Å²) in [5, 5.41) is 0. The Kier molecular flexibility index (Phi) is 2.37. The normalized spacial score (nSPS) is 25.1. The van der Waals surface area contributed by atoms with Gasteiger partial charge < -0.3 is 0 Å². The van der Waals surface area contributed by atoms with E-state index in [-0.39, 0.29) is 0 Å². The molecule has 15 heavy (non-hydrogen) atoms. The molecule has 0 atom stereocenters. The van der Waals surface area contributed by atoms with E-state index in [1.807, 2.05) is 6.20 Å². The van der Waals surface area contributed by atoms with Crippen LogP contribution >= 0.6 is 11.5 Å². The van der Waals surface area contributed by atoms with Gasteiger partial charge in [-0.05, 0) is 62.4 Å². The lowest BCUT2D eigenvalue weighted by atomic mass is 9.93. The summed E-state index contributed by atoms with van der Waals surface area (Å²) < 4.78 is 4.13. The largest absolute Gasteiger partial charge is 0.294 e. The molecule has 0 spiro atoms. The Morgan fingerprint density at radius 3 is 2.80 bits per heavy atom. The number of hydrogen-bond acceptors (Lipinski definition) is 3. The number of fused-ring (bicyclic) bond motifs is 1. The Morgan fingerprint density at radius 2 is 2.13 bits per heavy atom. The van der Waals surface area contributed by atoms with Crippen molar-refractivity contribution in [1.82, 2.24) is 9.27 Å². The summed E-state index contributed by atoms with van der Waals surface area (Å²) in [5.41, 5.74) is 0.407. The van der Waals surface area contributed by atoms with E-state index in [1.54, 1.807) is 11.5 Å². The van der Waals surface area contributed by atoms with Crippen molar-refractivity contribution in [3.8, 4) is 0 Å². The van der Waals surface area contributed by atoms with E-state index < -0.39 is 0 Å². The zero-order valence-electron chi connectivity index (χ0n) is 8.85. The van der Waals surface area contributed by atoms with E-state index in [1.165, 1.54) is 43.6 Å². The van der Waals surface area contributed by atoms with E-state index in [9.17, 15) is 0 Å². The average molecular weight is 220 g/mol. The van der Waals surface area contributed by atoms with Crippen molar-refractivity contribution in [3.05, 3.63) is 23.2 Å². The summed E-state index contributed by atoms with van der Waals surface area (Å²) in [5.74, 6) is 0. The lowest BCUT2D eigenvalue weighted by molar-refractivity contribution is 0.251. The van der Waals surface area contributed by atoms with Gasteiger partial charge in [-0.3, -0.25) is 4.90 Å². The van der Waals surface area contributed by atoms with Crippen LogP contribution in [-0.2, 0) is 0 Å². The van der Waals surface area contributed by atoms with Crippen LogP contribution in [0.2, 0.25) is 0 Å². The molecule has 80 valence electrons. The highest BCUT2D eigenvalue weighted by molar-refractivity contribution is 7.06. The van der Waals surface area contributed by atoms with Crippen LogP contribution in [0.1, 0.15) is 30.6 Å². The third kappa shape index (κ3) is 1.64. The molecular formula is C12H16N2S. The highest BCUT2D eigenvalue weighted by Crippen LogP contribution is 2.40. The van der Waals surface area contributed by atoms with E-state index in [2.05, 4.69) is 27.5 Å². The van der Waals surface area contributed by atoms with Crippen molar-refractivity contribution in [3.63, 3.8) is 0 Å². The summed E-state index contributed by atoms with van der Waals surface area (Å²) in [7, 11) is 0. The Balaban J connectivity index is 1.81. The van der Waals surface area contributed by atoms with E-state index in [0.29, 0.717) is 5.54 Å². The predicted octanol–water partition coefficient (Wildman–Crippen LogP) is 2.78. The second kappa shape index (κ2) is 3.72. The van der Waals surface area contributed by atoms with Crippen LogP contribution in [-0.4, -0.2) is 27.9 Å². The molecule has 0 saturated carbocycles. The predicted molar refractivity (Wildman–Crippen MR) is 63.9 cm³/mol. The number of hydrogen-bond donors (Lipinski definition) is 0. The summed E-state index contributed by atoms with van der Waals surface area (Å²) >= 11 is 1.58. The first-order valence-corrected chi connectivity index (χ1v) is 6.51. The van der Waals surface area contributed by atoms with Gasteiger partial charge in [-0.1, -0.05) is 6.08 Å².